The third-order valence-corrected chi connectivity index (χ3v) is 18.2. The molecule has 0 amide bonds. The number of carbonyl (C=O) groups is 4. The molecule has 17 nitrogen and oxygen atoms in total. The highest BCUT2D eigenvalue weighted by atomic mass is 31.2. The standard InChI is InChI=1S/C85H142O17P2/c1-5-9-13-17-21-25-29-33-35-37-39-41-43-47-50-54-58-62-66-70-83(88)96-76-80(101-84(89)71-67-63-59-55-51-46-32-28-24-20-16-12-8-4)77-99-103(91,92)97-73-79(86)74-98-104(93,94)100-78-81(75-95-82(87)69-65-61-57-53-49-45-31-27-23-19-15-11-7-3)102-85(90)72-68-64-60-56-52-48-44-42-40-38-36-34-30-26-22-18-14-10-6-2/h9-10,13-14,21-22,25-28,31-36,39-42,47-48,50,52,79-81,86H,5-8,11-12,15-20,23-24,29-30,37-38,43-46,49,51,53-78H2,1-4H3,(H,91,92)(H,93,94)/b13-9-,14-10-,25-21-,26-22-,31-27-,32-28-,35-33-,36-34-,41-39-,42-40-,50-47-,52-48-/t79-,80-,81-/m1/s1. The molecule has 3 N–H and O–H groups in total. The van der Waals surface area contributed by atoms with Crippen LogP contribution in [-0.2, 0) is 65.4 Å². The van der Waals surface area contributed by atoms with Crippen LogP contribution in [-0.4, -0.2) is 96.7 Å². The second kappa shape index (κ2) is 76.1. The Kier molecular flexibility index (Phi) is 72.4. The van der Waals surface area contributed by atoms with Crippen LogP contribution in [0.4, 0.5) is 0 Å². The first-order valence-corrected chi connectivity index (χ1v) is 43.1. The third kappa shape index (κ3) is 75.2. The van der Waals surface area contributed by atoms with Gasteiger partial charge in [-0.05, 0) is 167 Å². The monoisotopic (exact) mass is 1500 g/mol. The number of phosphoric acid groups is 2. The summed E-state index contributed by atoms with van der Waals surface area (Å²) >= 11 is 0. The molecule has 0 saturated carbocycles. The van der Waals surface area contributed by atoms with Crippen LogP contribution in [0.15, 0.2) is 146 Å². The Balaban J connectivity index is 5.42. The minimum atomic E-state index is -4.99. The fraction of sp³-hybridized carbons (Fsp3) is 0.671. The van der Waals surface area contributed by atoms with Gasteiger partial charge in [0.2, 0.25) is 0 Å². The van der Waals surface area contributed by atoms with E-state index in [2.05, 4.69) is 174 Å². The van der Waals surface area contributed by atoms with Gasteiger partial charge in [-0.2, -0.15) is 0 Å². The number of aliphatic hydroxyl groups excluding tert-OH is 1. The summed E-state index contributed by atoms with van der Waals surface area (Å²) in [6, 6.07) is 0. The summed E-state index contributed by atoms with van der Waals surface area (Å²) in [5.74, 6) is -2.27. The first kappa shape index (κ1) is 98.9. The predicted octanol–water partition coefficient (Wildman–Crippen LogP) is 23.4. The summed E-state index contributed by atoms with van der Waals surface area (Å²) in [4.78, 5) is 73.0. The molecule has 5 atom stereocenters. The van der Waals surface area contributed by atoms with E-state index in [1.54, 1.807) is 0 Å². The van der Waals surface area contributed by atoms with Gasteiger partial charge in [-0.3, -0.25) is 37.3 Å². The fourth-order valence-corrected chi connectivity index (χ4v) is 11.8. The highest BCUT2D eigenvalue weighted by Gasteiger charge is 2.30. The Bertz CT molecular complexity index is 2540. The molecule has 104 heavy (non-hydrogen) atoms. The zero-order valence-corrected chi connectivity index (χ0v) is 66.7. The molecule has 0 bridgehead atoms. The molecular formula is C85H142O17P2. The maximum Gasteiger partial charge on any atom is 0.472 e. The van der Waals surface area contributed by atoms with Crippen LogP contribution in [0, 0.1) is 0 Å². The van der Waals surface area contributed by atoms with Gasteiger partial charge in [0.25, 0.3) is 0 Å². The van der Waals surface area contributed by atoms with Crippen molar-refractivity contribution >= 4 is 39.5 Å². The van der Waals surface area contributed by atoms with Crippen molar-refractivity contribution in [2.24, 2.45) is 0 Å². The average molecular weight is 1500 g/mol. The van der Waals surface area contributed by atoms with E-state index in [-0.39, 0.29) is 25.7 Å². The van der Waals surface area contributed by atoms with E-state index in [0.29, 0.717) is 25.7 Å². The average Bonchev–Trinajstić information content (AvgIpc) is 0.926. The molecule has 0 aromatic carbocycles. The molecule has 19 heteroatoms. The second-order valence-electron chi connectivity index (χ2n) is 26.2. The van der Waals surface area contributed by atoms with Crippen molar-refractivity contribution in [1.82, 2.24) is 0 Å². The molecule has 0 aromatic heterocycles. The molecule has 0 aliphatic rings. The molecule has 0 aliphatic carbocycles. The molecular weight excluding hydrogens is 1350 g/mol. The molecule has 2 unspecified atom stereocenters. The van der Waals surface area contributed by atoms with Crippen molar-refractivity contribution in [2.45, 2.75) is 329 Å². The Morgan fingerprint density at radius 3 is 0.788 bits per heavy atom. The number of hydrogen-bond donors (Lipinski definition) is 3. The van der Waals surface area contributed by atoms with Crippen molar-refractivity contribution < 1.29 is 80.2 Å². The van der Waals surface area contributed by atoms with Gasteiger partial charge >= 0.3 is 39.5 Å². The van der Waals surface area contributed by atoms with Crippen molar-refractivity contribution in [3.8, 4) is 0 Å². The van der Waals surface area contributed by atoms with E-state index in [1.807, 2.05) is 0 Å². The summed E-state index contributed by atoms with van der Waals surface area (Å²) in [6.07, 6.45) is 86.8. The molecule has 594 valence electrons. The number of hydrogen-bond acceptors (Lipinski definition) is 15. The Morgan fingerprint density at radius 1 is 0.279 bits per heavy atom. The van der Waals surface area contributed by atoms with E-state index in [4.69, 9.17) is 37.0 Å². The largest absolute Gasteiger partial charge is 0.472 e. The number of carbonyl (C=O) groups excluding carboxylic acids is 4. The lowest BCUT2D eigenvalue weighted by atomic mass is 10.1. The topological polar surface area (TPSA) is 237 Å². The van der Waals surface area contributed by atoms with Crippen LogP contribution < -0.4 is 0 Å². The third-order valence-electron chi connectivity index (χ3n) is 16.3. The summed E-state index contributed by atoms with van der Waals surface area (Å²) in [5, 5.41) is 10.6. The van der Waals surface area contributed by atoms with E-state index < -0.39 is 97.5 Å². The fourth-order valence-electron chi connectivity index (χ4n) is 10.2. The van der Waals surface area contributed by atoms with E-state index in [1.165, 1.54) is 51.4 Å². The molecule has 0 aromatic rings. The zero-order chi connectivity index (χ0) is 76.0. The van der Waals surface area contributed by atoms with Crippen molar-refractivity contribution in [1.29, 1.82) is 0 Å². The summed E-state index contributed by atoms with van der Waals surface area (Å²) in [7, 11) is -9.99. The van der Waals surface area contributed by atoms with Crippen LogP contribution in [0.1, 0.15) is 310 Å². The van der Waals surface area contributed by atoms with E-state index in [9.17, 15) is 43.2 Å². The number of unbranched alkanes of at least 4 members (excludes halogenated alkanes) is 24. The quantitative estimate of drug-likeness (QED) is 0.0169. The molecule has 0 radical (unpaired) electrons. The van der Waals surface area contributed by atoms with Gasteiger partial charge in [-0.1, -0.05) is 263 Å². The highest BCUT2D eigenvalue weighted by molar-refractivity contribution is 7.47. The second-order valence-corrected chi connectivity index (χ2v) is 29.1. The van der Waals surface area contributed by atoms with Gasteiger partial charge in [-0.15, -0.1) is 0 Å². The summed E-state index contributed by atoms with van der Waals surface area (Å²) in [6.45, 7) is 4.52. The maximum atomic E-state index is 13.1. The number of rotatable bonds is 74. The summed E-state index contributed by atoms with van der Waals surface area (Å²) < 4.78 is 68.5. The number of ether oxygens (including phenoxy) is 4. The summed E-state index contributed by atoms with van der Waals surface area (Å²) in [5.41, 5.74) is 0. The van der Waals surface area contributed by atoms with E-state index in [0.717, 1.165) is 180 Å². The van der Waals surface area contributed by atoms with Gasteiger partial charge in [0.15, 0.2) is 12.2 Å². The Labute approximate surface area is 630 Å². The van der Waals surface area contributed by atoms with Gasteiger partial charge in [0, 0.05) is 25.7 Å². The Morgan fingerprint density at radius 2 is 0.500 bits per heavy atom. The van der Waals surface area contributed by atoms with Crippen LogP contribution in [0.3, 0.4) is 0 Å². The van der Waals surface area contributed by atoms with Gasteiger partial charge in [-0.25, -0.2) is 9.13 Å². The number of allylic oxidation sites excluding steroid dienone is 24. The predicted molar refractivity (Wildman–Crippen MR) is 427 cm³/mol. The lowest BCUT2D eigenvalue weighted by Crippen LogP contribution is -2.30. The van der Waals surface area contributed by atoms with E-state index >= 15 is 0 Å². The normalized spacial score (nSPS) is 14.6. The Hall–Kier alpha value is -5.06. The lowest BCUT2D eigenvalue weighted by Gasteiger charge is -2.21. The molecule has 0 rings (SSSR count). The smallest absolute Gasteiger partial charge is 0.462 e. The van der Waals surface area contributed by atoms with Crippen molar-refractivity contribution in [3.63, 3.8) is 0 Å². The number of aliphatic hydroxyl groups is 1. The van der Waals surface area contributed by atoms with Crippen molar-refractivity contribution in [2.75, 3.05) is 39.6 Å². The first-order valence-electron chi connectivity index (χ1n) is 40.1. The SMILES string of the molecule is CC/C=C\C/C=C\C/C=C\C/C=C\C/C=C\CCCCCC(=O)OC[C@H](COP(=O)(O)OC[C@@H](O)COP(=O)(O)OC[C@@H](COC(=O)CCCCCCC/C=C\CCCCCC)OC(=O)CCCCC/C=C\C/C=C\C/C=C\C/C=C\C/C=C\CC)OC(=O)CCCCCCC/C=C\CCCCCC. The van der Waals surface area contributed by atoms with Gasteiger partial charge < -0.3 is 33.8 Å². The lowest BCUT2D eigenvalue weighted by molar-refractivity contribution is -0.161. The van der Waals surface area contributed by atoms with Gasteiger partial charge in [0.05, 0.1) is 26.4 Å². The molecule has 0 spiro atoms. The van der Waals surface area contributed by atoms with Crippen molar-refractivity contribution in [3.05, 3.63) is 146 Å². The minimum Gasteiger partial charge on any atom is -0.462 e. The van der Waals surface area contributed by atoms with Crippen LogP contribution >= 0.6 is 15.6 Å². The first-order chi connectivity index (χ1) is 50.7. The molecule has 0 saturated heterocycles. The molecule has 0 heterocycles. The van der Waals surface area contributed by atoms with Crippen LogP contribution in [0.5, 0.6) is 0 Å². The van der Waals surface area contributed by atoms with Crippen LogP contribution in [0.25, 0.3) is 0 Å². The molecule has 0 aliphatic heterocycles. The highest BCUT2D eigenvalue weighted by Crippen LogP contribution is 2.45. The molecule has 0 fully saturated rings. The maximum absolute atomic E-state index is 13.1. The number of phosphoric ester groups is 2. The zero-order valence-electron chi connectivity index (χ0n) is 64.9. The minimum absolute atomic E-state index is 0.0500. The number of esters is 4. The van der Waals surface area contributed by atoms with Crippen LogP contribution in [0.2, 0.25) is 0 Å². The van der Waals surface area contributed by atoms with Gasteiger partial charge in [0.1, 0.15) is 19.3 Å².